The van der Waals surface area contributed by atoms with Gasteiger partial charge in [0.25, 0.3) is 5.91 Å². The zero-order valence-electron chi connectivity index (χ0n) is 15.1. The van der Waals surface area contributed by atoms with Gasteiger partial charge in [-0.05, 0) is 37.0 Å². The van der Waals surface area contributed by atoms with Crippen LogP contribution < -0.4 is 0 Å². The van der Waals surface area contributed by atoms with Crippen LogP contribution in [0.25, 0.3) is 0 Å². The lowest BCUT2D eigenvalue weighted by molar-refractivity contribution is 0.0558. The van der Waals surface area contributed by atoms with E-state index in [-0.39, 0.29) is 17.8 Å². The highest BCUT2D eigenvalue weighted by molar-refractivity contribution is 5.92. The van der Waals surface area contributed by atoms with E-state index in [4.69, 9.17) is 4.42 Å². The highest BCUT2D eigenvalue weighted by Crippen LogP contribution is 2.32. The number of rotatable bonds is 4. The molecule has 1 aliphatic heterocycles. The third-order valence-corrected chi connectivity index (χ3v) is 4.98. The second-order valence-electron chi connectivity index (χ2n) is 6.78. The van der Waals surface area contributed by atoms with Crippen LogP contribution >= 0.6 is 0 Å². The average molecular weight is 368 g/mol. The monoisotopic (exact) mass is 368 g/mol. The van der Waals surface area contributed by atoms with Crippen LogP contribution in [-0.4, -0.2) is 32.1 Å². The second-order valence-corrected chi connectivity index (χ2v) is 6.78. The first kappa shape index (κ1) is 17.5. The summed E-state index contributed by atoms with van der Waals surface area (Å²) in [6, 6.07) is 8.13. The number of carbonyl (C=O) groups excluding carboxylic acids is 1. The molecule has 1 saturated heterocycles. The number of likely N-dealkylation sites (tertiary alicyclic amines) is 1. The van der Waals surface area contributed by atoms with Crippen molar-refractivity contribution in [3.8, 4) is 0 Å². The van der Waals surface area contributed by atoms with Crippen LogP contribution in [0.15, 0.2) is 47.1 Å². The molecule has 0 aliphatic carbocycles. The van der Waals surface area contributed by atoms with E-state index in [1.165, 1.54) is 6.07 Å². The van der Waals surface area contributed by atoms with Crippen LogP contribution in [-0.2, 0) is 13.5 Å². The standard InChI is InChI=1S/C20H21FN4O2/c1-24-18(9-10-23-24)20(26)25-11-5-4-8-17(25)19-22-13-15(27-19)12-14-6-2-3-7-16(14)21/h2-3,6-7,9-10,13,17H,4-5,8,11-12H2,1H3/t17-/m0/s1. The van der Waals surface area contributed by atoms with E-state index in [1.54, 1.807) is 53.3 Å². The number of aryl methyl sites for hydroxylation is 1. The van der Waals surface area contributed by atoms with E-state index in [0.717, 1.165) is 19.3 Å². The SMILES string of the molecule is Cn1nccc1C(=O)N1CCCC[C@H]1c1ncc(Cc2ccccc2F)o1. The lowest BCUT2D eigenvalue weighted by Gasteiger charge is -2.33. The van der Waals surface area contributed by atoms with E-state index in [1.807, 2.05) is 0 Å². The van der Waals surface area contributed by atoms with Crippen molar-refractivity contribution in [2.24, 2.45) is 7.05 Å². The summed E-state index contributed by atoms with van der Waals surface area (Å²) in [4.78, 5) is 19.2. The van der Waals surface area contributed by atoms with Gasteiger partial charge in [-0.15, -0.1) is 0 Å². The van der Waals surface area contributed by atoms with Gasteiger partial charge in [0.05, 0.1) is 6.20 Å². The summed E-state index contributed by atoms with van der Waals surface area (Å²) in [5.74, 6) is 0.764. The summed E-state index contributed by atoms with van der Waals surface area (Å²) in [6.45, 7) is 0.652. The molecule has 7 heteroatoms. The summed E-state index contributed by atoms with van der Waals surface area (Å²) in [5.41, 5.74) is 1.10. The first-order chi connectivity index (χ1) is 13.1. The van der Waals surface area contributed by atoms with Crippen molar-refractivity contribution in [3.05, 3.63) is 71.5 Å². The largest absolute Gasteiger partial charge is 0.443 e. The van der Waals surface area contributed by atoms with Crippen molar-refractivity contribution in [2.75, 3.05) is 6.54 Å². The molecule has 2 aromatic heterocycles. The van der Waals surface area contributed by atoms with E-state index < -0.39 is 0 Å². The van der Waals surface area contributed by atoms with Crippen molar-refractivity contribution >= 4 is 5.91 Å². The Morgan fingerprint density at radius 1 is 1.30 bits per heavy atom. The van der Waals surface area contributed by atoms with Crippen LogP contribution in [0.5, 0.6) is 0 Å². The van der Waals surface area contributed by atoms with E-state index in [9.17, 15) is 9.18 Å². The van der Waals surface area contributed by atoms with Gasteiger partial charge in [-0.3, -0.25) is 9.48 Å². The molecule has 0 bridgehead atoms. The third-order valence-electron chi connectivity index (χ3n) is 4.98. The van der Waals surface area contributed by atoms with Crippen LogP contribution in [0, 0.1) is 5.82 Å². The smallest absolute Gasteiger partial charge is 0.272 e. The number of hydrogen-bond acceptors (Lipinski definition) is 4. The van der Waals surface area contributed by atoms with Gasteiger partial charge < -0.3 is 9.32 Å². The normalized spacial score (nSPS) is 17.3. The highest BCUT2D eigenvalue weighted by atomic mass is 19.1. The Kier molecular flexibility index (Phi) is 4.75. The molecule has 3 heterocycles. The fourth-order valence-electron chi connectivity index (χ4n) is 3.55. The van der Waals surface area contributed by atoms with Crippen molar-refractivity contribution in [3.63, 3.8) is 0 Å². The minimum Gasteiger partial charge on any atom is -0.443 e. The summed E-state index contributed by atoms with van der Waals surface area (Å²) < 4.78 is 21.4. The van der Waals surface area contributed by atoms with Gasteiger partial charge in [-0.1, -0.05) is 18.2 Å². The van der Waals surface area contributed by atoms with E-state index >= 15 is 0 Å². The molecule has 0 radical (unpaired) electrons. The number of benzene rings is 1. The van der Waals surface area contributed by atoms with Gasteiger partial charge in [-0.2, -0.15) is 5.10 Å². The highest BCUT2D eigenvalue weighted by Gasteiger charge is 2.33. The number of carbonyl (C=O) groups is 1. The molecule has 1 fully saturated rings. The number of nitrogens with zero attached hydrogens (tertiary/aromatic N) is 4. The second kappa shape index (κ2) is 7.34. The van der Waals surface area contributed by atoms with Crippen LogP contribution in [0.2, 0.25) is 0 Å². The van der Waals surface area contributed by atoms with Crippen molar-refractivity contribution in [2.45, 2.75) is 31.7 Å². The molecule has 0 saturated carbocycles. The Hall–Kier alpha value is -2.96. The van der Waals surface area contributed by atoms with Gasteiger partial charge >= 0.3 is 0 Å². The van der Waals surface area contributed by atoms with Gasteiger partial charge in [0, 0.05) is 26.2 Å². The molecule has 140 valence electrons. The quantitative estimate of drug-likeness (QED) is 0.707. The summed E-state index contributed by atoms with van der Waals surface area (Å²) in [5, 5.41) is 4.08. The lowest BCUT2D eigenvalue weighted by atomic mass is 10.0. The predicted molar refractivity (Wildman–Crippen MR) is 96.5 cm³/mol. The maximum absolute atomic E-state index is 13.9. The molecule has 1 aromatic carbocycles. The van der Waals surface area contributed by atoms with Crippen LogP contribution in [0.1, 0.15) is 53.0 Å². The molecule has 0 unspecified atom stereocenters. The number of oxazole rings is 1. The van der Waals surface area contributed by atoms with Gasteiger partial charge in [0.15, 0.2) is 0 Å². The number of halogens is 1. The maximum atomic E-state index is 13.9. The first-order valence-corrected chi connectivity index (χ1v) is 9.10. The first-order valence-electron chi connectivity index (χ1n) is 9.10. The maximum Gasteiger partial charge on any atom is 0.272 e. The lowest BCUT2D eigenvalue weighted by Crippen LogP contribution is -2.39. The molecule has 0 spiro atoms. The fourth-order valence-corrected chi connectivity index (χ4v) is 3.55. The molecule has 27 heavy (non-hydrogen) atoms. The average Bonchev–Trinajstić information content (AvgIpc) is 3.32. The third kappa shape index (κ3) is 3.49. The van der Waals surface area contributed by atoms with E-state index in [2.05, 4.69) is 10.1 Å². The van der Waals surface area contributed by atoms with Crippen LogP contribution in [0.3, 0.4) is 0 Å². The zero-order valence-corrected chi connectivity index (χ0v) is 15.1. The minimum atomic E-state index is -0.263. The summed E-state index contributed by atoms with van der Waals surface area (Å²) in [7, 11) is 1.75. The molecule has 0 N–H and O–H groups in total. The van der Waals surface area contributed by atoms with Gasteiger partial charge in [0.2, 0.25) is 5.89 Å². The number of piperidine rings is 1. The molecular weight excluding hydrogens is 347 g/mol. The Balaban J connectivity index is 1.56. The Morgan fingerprint density at radius 2 is 2.15 bits per heavy atom. The van der Waals surface area contributed by atoms with Crippen molar-refractivity contribution < 1.29 is 13.6 Å². The molecule has 1 amide bonds. The summed E-state index contributed by atoms with van der Waals surface area (Å²) >= 11 is 0. The van der Waals surface area contributed by atoms with Gasteiger partial charge in [0.1, 0.15) is 23.3 Å². The van der Waals surface area contributed by atoms with Crippen molar-refractivity contribution in [1.29, 1.82) is 0 Å². The molecule has 1 aliphatic rings. The van der Waals surface area contributed by atoms with E-state index in [0.29, 0.717) is 35.9 Å². The molecule has 3 aromatic rings. The number of aromatic nitrogens is 3. The Labute approximate surface area is 156 Å². The molecule has 4 rings (SSSR count). The van der Waals surface area contributed by atoms with Crippen molar-refractivity contribution in [1.82, 2.24) is 19.7 Å². The number of amides is 1. The van der Waals surface area contributed by atoms with Crippen LogP contribution in [0.4, 0.5) is 4.39 Å². The zero-order chi connectivity index (χ0) is 18.8. The minimum absolute atomic E-state index is 0.0754. The Morgan fingerprint density at radius 3 is 2.93 bits per heavy atom. The fraction of sp³-hybridized carbons (Fsp3) is 0.350. The molecular formula is C20H21FN4O2. The number of hydrogen-bond donors (Lipinski definition) is 0. The topological polar surface area (TPSA) is 64.2 Å². The van der Waals surface area contributed by atoms with Gasteiger partial charge in [-0.25, -0.2) is 9.37 Å². The molecule has 1 atom stereocenters. The predicted octanol–water partition coefficient (Wildman–Crippen LogP) is 3.51. The summed E-state index contributed by atoms with van der Waals surface area (Å²) in [6.07, 6.45) is 6.33. The molecule has 6 nitrogen and oxygen atoms in total. The Bertz CT molecular complexity index is 949.